The Morgan fingerprint density at radius 2 is 1.20 bits per heavy atom. The number of esters is 1. The van der Waals surface area contributed by atoms with Crippen LogP contribution in [0.25, 0.3) is 0 Å². The molecule has 0 amide bonds. The summed E-state index contributed by atoms with van der Waals surface area (Å²) in [6, 6.07) is 0. The van der Waals surface area contributed by atoms with Crippen molar-refractivity contribution < 1.29 is 9.53 Å². The summed E-state index contributed by atoms with van der Waals surface area (Å²) in [6.45, 7) is 4.56. The molecule has 0 radical (unpaired) electrons. The Kier molecular flexibility index (Phi) is 10.5. The van der Waals surface area contributed by atoms with Crippen molar-refractivity contribution in [1.82, 2.24) is 0 Å². The third-order valence-electron chi connectivity index (χ3n) is 8.92. The lowest BCUT2D eigenvalue weighted by molar-refractivity contribution is -0.164. The lowest BCUT2D eigenvalue weighted by atomic mass is 9.66. The average molecular weight is 419 g/mol. The van der Waals surface area contributed by atoms with Gasteiger partial charge in [0.1, 0.15) is 6.10 Å². The molecule has 0 bridgehead atoms. The highest BCUT2D eigenvalue weighted by Gasteiger charge is 2.39. The van der Waals surface area contributed by atoms with E-state index < -0.39 is 0 Å². The maximum atomic E-state index is 12.7. The predicted octanol–water partition coefficient (Wildman–Crippen LogP) is 8.47. The normalized spacial score (nSPS) is 35.2. The van der Waals surface area contributed by atoms with Crippen LogP contribution in [0.1, 0.15) is 136 Å². The number of rotatable bonds is 11. The van der Waals surface area contributed by atoms with Crippen LogP contribution in [0.2, 0.25) is 0 Å². The molecule has 3 rings (SSSR count). The van der Waals surface area contributed by atoms with Gasteiger partial charge in [-0.1, -0.05) is 71.6 Å². The van der Waals surface area contributed by atoms with Crippen LogP contribution in [-0.4, -0.2) is 12.1 Å². The Labute approximate surface area is 187 Å². The number of hydrogen-bond donors (Lipinski definition) is 0. The Bertz CT molecular complexity index is 471. The summed E-state index contributed by atoms with van der Waals surface area (Å²) in [5.41, 5.74) is 0. The molecule has 174 valence electrons. The van der Waals surface area contributed by atoms with Gasteiger partial charge in [0.25, 0.3) is 0 Å². The Balaban J connectivity index is 1.32. The summed E-state index contributed by atoms with van der Waals surface area (Å²) < 4.78 is 5.89. The first-order chi connectivity index (χ1) is 14.7. The van der Waals surface area contributed by atoms with Crippen LogP contribution in [0.3, 0.4) is 0 Å². The molecule has 2 atom stereocenters. The van der Waals surface area contributed by atoms with Gasteiger partial charge in [-0.25, -0.2) is 0 Å². The van der Waals surface area contributed by atoms with Crippen LogP contribution in [0.4, 0.5) is 0 Å². The van der Waals surface area contributed by atoms with Crippen molar-refractivity contribution in [3.63, 3.8) is 0 Å². The minimum atomic E-state index is 0.151. The van der Waals surface area contributed by atoms with E-state index in [2.05, 4.69) is 13.8 Å². The first-order valence-corrected chi connectivity index (χ1v) is 13.9. The largest absolute Gasteiger partial charge is 0.462 e. The van der Waals surface area contributed by atoms with Gasteiger partial charge >= 0.3 is 5.97 Å². The first kappa shape index (κ1) is 24.1. The van der Waals surface area contributed by atoms with Gasteiger partial charge in [-0.3, -0.25) is 4.79 Å². The quantitative estimate of drug-likeness (QED) is 0.248. The lowest BCUT2D eigenvalue weighted by Crippen LogP contribution is -2.37. The number of cyclic esters (lactones) is 1. The molecule has 30 heavy (non-hydrogen) atoms. The topological polar surface area (TPSA) is 26.3 Å². The van der Waals surface area contributed by atoms with E-state index in [0.717, 1.165) is 37.0 Å². The second kappa shape index (κ2) is 13.1. The van der Waals surface area contributed by atoms with E-state index >= 15 is 0 Å². The van der Waals surface area contributed by atoms with Gasteiger partial charge in [-0.15, -0.1) is 0 Å². The van der Waals surface area contributed by atoms with Gasteiger partial charge < -0.3 is 4.74 Å². The lowest BCUT2D eigenvalue weighted by Gasteiger charge is -2.40. The van der Waals surface area contributed by atoms with Gasteiger partial charge in [-0.2, -0.15) is 0 Å². The second-order valence-electron chi connectivity index (χ2n) is 11.0. The molecule has 2 heteroatoms. The fraction of sp³-hybridized carbons (Fsp3) is 0.964. The van der Waals surface area contributed by atoms with E-state index in [1.165, 1.54) is 103 Å². The van der Waals surface area contributed by atoms with Gasteiger partial charge in [0, 0.05) is 0 Å². The monoisotopic (exact) mass is 418 g/mol. The first-order valence-electron chi connectivity index (χ1n) is 13.9. The molecule has 1 heterocycles. The summed E-state index contributed by atoms with van der Waals surface area (Å²) >= 11 is 0. The van der Waals surface area contributed by atoms with Gasteiger partial charge in [0.15, 0.2) is 0 Å². The Hall–Kier alpha value is -0.530. The second-order valence-corrected chi connectivity index (χ2v) is 11.0. The van der Waals surface area contributed by atoms with E-state index in [-0.39, 0.29) is 18.0 Å². The van der Waals surface area contributed by atoms with E-state index in [1.807, 2.05) is 0 Å². The molecule has 1 aliphatic heterocycles. The Morgan fingerprint density at radius 3 is 1.83 bits per heavy atom. The molecule has 0 aromatic heterocycles. The zero-order valence-electron chi connectivity index (χ0n) is 20.2. The van der Waals surface area contributed by atoms with Gasteiger partial charge in [0.2, 0.25) is 0 Å². The van der Waals surface area contributed by atoms with Crippen molar-refractivity contribution in [2.24, 2.45) is 29.6 Å². The highest BCUT2D eigenvalue weighted by atomic mass is 16.5. The molecule has 2 unspecified atom stereocenters. The highest BCUT2D eigenvalue weighted by Crippen LogP contribution is 2.45. The smallest absolute Gasteiger partial charge is 0.309 e. The number of carbonyl (C=O) groups excluding carboxylic acids is 1. The average Bonchev–Trinajstić information content (AvgIpc) is 2.78. The molecule has 3 fully saturated rings. The van der Waals surface area contributed by atoms with Crippen molar-refractivity contribution in [3.05, 3.63) is 0 Å². The summed E-state index contributed by atoms with van der Waals surface area (Å²) in [7, 11) is 0. The minimum absolute atomic E-state index is 0.151. The number of hydrogen-bond acceptors (Lipinski definition) is 2. The molecule has 0 spiro atoms. The van der Waals surface area contributed by atoms with Gasteiger partial charge in [0.05, 0.1) is 5.92 Å². The summed E-state index contributed by atoms with van der Waals surface area (Å²) in [5, 5.41) is 0. The molecule has 2 nitrogen and oxygen atoms in total. The minimum Gasteiger partial charge on any atom is -0.462 e. The van der Waals surface area contributed by atoms with Crippen molar-refractivity contribution in [3.8, 4) is 0 Å². The third kappa shape index (κ3) is 7.27. The van der Waals surface area contributed by atoms with E-state index in [9.17, 15) is 4.79 Å². The summed E-state index contributed by atoms with van der Waals surface area (Å²) in [6.07, 6.45) is 25.6. The SMILES string of the molecule is CCCCCCC1CCC([C@H]2CC[C@H]([C@H]3CC[C@H](CCCCC)CC3)CC2)C(=O)O1. The molecule has 1 saturated heterocycles. The molecule has 0 N–H and O–H groups in total. The maximum absolute atomic E-state index is 12.7. The van der Waals surface area contributed by atoms with E-state index in [0.29, 0.717) is 5.92 Å². The number of ether oxygens (including phenoxy) is 1. The van der Waals surface area contributed by atoms with Crippen molar-refractivity contribution >= 4 is 5.97 Å². The van der Waals surface area contributed by atoms with E-state index in [1.54, 1.807) is 0 Å². The fourth-order valence-electron chi connectivity index (χ4n) is 6.87. The van der Waals surface area contributed by atoms with Gasteiger partial charge in [-0.05, 0) is 87.9 Å². The molecule has 0 aromatic carbocycles. The van der Waals surface area contributed by atoms with Crippen LogP contribution < -0.4 is 0 Å². The van der Waals surface area contributed by atoms with Crippen molar-refractivity contribution in [2.45, 2.75) is 142 Å². The number of carbonyl (C=O) groups is 1. The van der Waals surface area contributed by atoms with Crippen LogP contribution in [0, 0.1) is 29.6 Å². The highest BCUT2D eigenvalue weighted by molar-refractivity contribution is 5.73. The van der Waals surface area contributed by atoms with E-state index in [4.69, 9.17) is 4.74 Å². The summed E-state index contributed by atoms with van der Waals surface area (Å²) in [4.78, 5) is 12.7. The zero-order valence-corrected chi connectivity index (χ0v) is 20.2. The predicted molar refractivity (Wildman–Crippen MR) is 126 cm³/mol. The van der Waals surface area contributed by atoms with Crippen LogP contribution >= 0.6 is 0 Å². The summed E-state index contributed by atoms with van der Waals surface area (Å²) in [5.74, 6) is 3.93. The maximum Gasteiger partial charge on any atom is 0.309 e. The molecule has 2 saturated carbocycles. The molecule has 2 aliphatic carbocycles. The van der Waals surface area contributed by atoms with Crippen molar-refractivity contribution in [1.29, 1.82) is 0 Å². The molecule has 3 aliphatic rings. The van der Waals surface area contributed by atoms with Crippen molar-refractivity contribution in [2.75, 3.05) is 0 Å². The third-order valence-corrected chi connectivity index (χ3v) is 8.92. The fourth-order valence-corrected chi connectivity index (χ4v) is 6.87. The Morgan fingerprint density at radius 1 is 0.633 bits per heavy atom. The zero-order chi connectivity index (χ0) is 21.2. The molecular weight excluding hydrogens is 368 g/mol. The van der Waals surface area contributed by atoms with Crippen LogP contribution in [-0.2, 0) is 9.53 Å². The molecule has 0 aromatic rings. The van der Waals surface area contributed by atoms with Crippen LogP contribution in [0.15, 0.2) is 0 Å². The van der Waals surface area contributed by atoms with Crippen LogP contribution in [0.5, 0.6) is 0 Å². The molecular formula is C28H50O2. The standard InChI is InChI=1S/C28H50O2/c1-3-5-7-9-11-26-20-21-27(28(29)30-26)25-18-16-24(17-19-25)23-14-12-22(13-15-23)10-8-6-4-2/h22-27H,3-21H2,1-2H3/t22-,23-,24-,25-,26?,27?. The number of unbranched alkanes of at least 4 members (excludes halogenated alkanes) is 5.